The van der Waals surface area contributed by atoms with Crippen LogP contribution in [0.3, 0.4) is 0 Å². The van der Waals surface area contributed by atoms with E-state index in [9.17, 15) is 4.79 Å². The molecule has 2 N–H and O–H groups in total. The molecule has 3 aromatic rings. The van der Waals surface area contributed by atoms with E-state index >= 15 is 0 Å². The SMILES string of the molecule is COc1ccc(/C=C/C(=O)NCCSc2c[nH]c3ccccc23)cc1OC. The van der Waals surface area contributed by atoms with Gasteiger partial charge in [-0.05, 0) is 29.8 Å². The molecular formula is C21H22N2O3S. The first-order chi connectivity index (χ1) is 13.2. The zero-order chi connectivity index (χ0) is 19.1. The van der Waals surface area contributed by atoms with Gasteiger partial charge in [-0.3, -0.25) is 4.79 Å². The molecule has 0 aliphatic rings. The van der Waals surface area contributed by atoms with E-state index in [4.69, 9.17) is 9.47 Å². The standard InChI is InChI=1S/C21H22N2O3S/c1-25-18-9-7-15(13-19(18)26-2)8-10-21(24)22-11-12-27-20-14-23-17-6-4-3-5-16(17)20/h3-10,13-14,23H,11-12H2,1-2H3,(H,22,24)/b10-8+. The minimum Gasteiger partial charge on any atom is -0.493 e. The van der Waals surface area contributed by atoms with Crippen LogP contribution in [0.15, 0.2) is 59.6 Å². The van der Waals surface area contributed by atoms with Crippen LogP contribution in [0.4, 0.5) is 0 Å². The summed E-state index contributed by atoms with van der Waals surface area (Å²) in [5, 5.41) is 4.11. The Labute approximate surface area is 162 Å². The van der Waals surface area contributed by atoms with Crippen molar-refractivity contribution in [1.82, 2.24) is 10.3 Å². The summed E-state index contributed by atoms with van der Waals surface area (Å²) in [7, 11) is 3.18. The molecule has 27 heavy (non-hydrogen) atoms. The van der Waals surface area contributed by atoms with E-state index in [1.54, 1.807) is 32.1 Å². The zero-order valence-electron chi connectivity index (χ0n) is 15.3. The molecule has 1 aromatic heterocycles. The van der Waals surface area contributed by atoms with Gasteiger partial charge in [-0.15, -0.1) is 11.8 Å². The number of fused-ring (bicyclic) bond motifs is 1. The number of carbonyl (C=O) groups excluding carboxylic acids is 1. The highest BCUT2D eigenvalue weighted by Crippen LogP contribution is 2.28. The van der Waals surface area contributed by atoms with Gasteiger partial charge in [0, 0.05) is 40.4 Å². The fraction of sp³-hybridized carbons (Fsp3) is 0.190. The number of nitrogens with one attached hydrogen (secondary N) is 2. The van der Waals surface area contributed by atoms with Crippen LogP contribution in [0.2, 0.25) is 0 Å². The maximum atomic E-state index is 12.0. The van der Waals surface area contributed by atoms with Gasteiger partial charge in [-0.1, -0.05) is 24.3 Å². The van der Waals surface area contributed by atoms with Crippen LogP contribution in [-0.4, -0.2) is 37.4 Å². The van der Waals surface area contributed by atoms with E-state index in [-0.39, 0.29) is 5.91 Å². The fourth-order valence-corrected chi connectivity index (χ4v) is 3.59. The number of ether oxygens (including phenoxy) is 2. The molecule has 0 saturated heterocycles. The molecule has 3 rings (SSSR count). The van der Waals surface area contributed by atoms with E-state index in [2.05, 4.69) is 22.4 Å². The summed E-state index contributed by atoms with van der Waals surface area (Å²) in [5.41, 5.74) is 2.00. The Morgan fingerprint density at radius 1 is 1.15 bits per heavy atom. The molecule has 0 aliphatic carbocycles. The first-order valence-corrected chi connectivity index (χ1v) is 9.56. The van der Waals surface area contributed by atoms with Gasteiger partial charge in [-0.25, -0.2) is 0 Å². The van der Waals surface area contributed by atoms with Crippen molar-refractivity contribution in [2.45, 2.75) is 4.90 Å². The van der Waals surface area contributed by atoms with E-state index in [1.165, 1.54) is 16.4 Å². The Morgan fingerprint density at radius 2 is 1.96 bits per heavy atom. The number of aromatic nitrogens is 1. The fourth-order valence-electron chi connectivity index (χ4n) is 2.69. The maximum absolute atomic E-state index is 12.0. The largest absolute Gasteiger partial charge is 0.493 e. The van der Waals surface area contributed by atoms with Crippen LogP contribution in [-0.2, 0) is 4.79 Å². The van der Waals surface area contributed by atoms with Crippen molar-refractivity contribution in [3.63, 3.8) is 0 Å². The summed E-state index contributed by atoms with van der Waals surface area (Å²) in [4.78, 5) is 16.4. The van der Waals surface area contributed by atoms with Gasteiger partial charge in [-0.2, -0.15) is 0 Å². The summed E-state index contributed by atoms with van der Waals surface area (Å²) in [6.07, 6.45) is 5.29. The molecule has 0 atom stereocenters. The number of H-pyrrole nitrogens is 1. The molecule has 2 aromatic carbocycles. The van der Waals surface area contributed by atoms with Crippen molar-refractivity contribution >= 4 is 34.6 Å². The summed E-state index contributed by atoms with van der Waals surface area (Å²) in [5.74, 6) is 1.98. The first kappa shape index (κ1) is 18.9. The van der Waals surface area contributed by atoms with Gasteiger partial charge in [0.25, 0.3) is 0 Å². The molecule has 0 spiro atoms. The lowest BCUT2D eigenvalue weighted by Gasteiger charge is -2.07. The molecule has 1 heterocycles. The highest BCUT2D eigenvalue weighted by molar-refractivity contribution is 7.99. The summed E-state index contributed by atoms with van der Waals surface area (Å²) < 4.78 is 10.5. The van der Waals surface area contributed by atoms with E-state index in [1.807, 2.05) is 36.5 Å². The van der Waals surface area contributed by atoms with Gasteiger partial charge in [0.05, 0.1) is 14.2 Å². The molecule has 0 radical (unpaired) electrons. The summed E-state index contributed by atoms with van der Waals surface area (Å²) >= 11 is 1.72. The summed E-state index contributed by atoms with van der Waals surface area (Å²) in [6, 6.07) is 13.7. The third-order valence-corrected chi connectivity index (χ3v) is 5.10. The lowest BCUT2D eigenvalue weighted by molar-refractivity contribution is -0.116. The average Bonchev–Trinajstić information content (AvgIpc) is 3.12. The average molecular weight is 382 g/mol. The molecule has 1 amide bonds. The Balaban J connectivity index is 1.47. The quantitative estimate of drug-likeness (QED) is 0.350. The Morgan fingerprint density at radius 3 is 2.78 bits per heavy atom. The number of benzene rings is 2. The second-order valence-corrected chi connectivity index (χ2v) is 6.92. The van der Waals surface area contributed by atoms with Crippen LogP contribution >= 0.6 is 11.8 Å². The number of methoxy groups -OCH3 is 2. The lowest BCUT2D eigenvalue weighted by atomic mass is 10.2. The molecule has 0 bridgehead atoms. The normalized spacial score (nSPS) is 11.0. The number of thioether (sulfide) groups is 1. The maximum Gasteiger partial charge on any atom is 0.244 e. The Kier molecular flexibility index (Phi) is 6.44. The molecule has 0 saturated carbocycles. The monoisotopic (exact) mass is 382 g/mol. The van der Waals surface area contributed by atoms with Crippen molar-refractivity contribution < 1.29 is 14.3 Å². The van der Waals surface area contributed by atoms with E-state index in [0.29, 0.717) is 18.0 Å². The second-order valence-electron chi connectivity index (χ2n) is 5.79. The van der Waals surface area contributed by atoms with Crippen molar-refractivity contribution in [2.75, 3.05) is 26.5 Å². The van der Waals surface area contributed by atoms with Crippen LogP contribution < -0.4 is 14.8 Å². The molecule has 6 heteroatoms. The number of amides is 1. The molecule has 5 nitrogen and oxygen atoms in total. The summed E-state index contributed by atoms with van der Waals surface area (Å²) in [6.45, 7) is 0.597. The van der Waals surface area contributed by atoms with Crippen molar-refractivity contribution in [2.24, 2.45) is 0 Å². The number of rotatable bonds is 8. The Hall–Kier alpha value is -2.86. The van der Waals surface area contributed by atoms with Crippen LogP contribution in [0.1, 0.15) is 5.56 Å². The number of carbonyl (C=O) groups is 1. The zero-order valence-corrected chi connectivity index (χ0v) is 16.1. The predicted octanol–water partition coefficient (Wildman–Crippen LogP) is 4.11. The number of hydrogen-bond acceptors (Lipinski definition) is 4. The third-order valence-electron chi connectivity index (χ3n) is 4.04. The third kappa shape index (κ3) is 4.86. The topological polar surface area (TPSA) is 63.3 Å². The van der Waals surface area contributed by atoms with Gasteiger partial charge in [0.15, 0.2) is 11.5 Å². The molecule has 0 fully saturated rings. The van der Waals surface area contributed by atoms with Gasteiger partial charge < -0.3 is 19.8 Å². The van der Waals surface area contributed by atoms with E-state index in [0.717, 1.165) is 16.8 Å². The second kappa shape index (κ2) is 9.19. The minimum absolute atomic E-state index is 0.121. The Bertz CT molecular complexity index is 950. The van der Waals surface area contributed by atoms with Crippen molar-refractivity contribution in [3.8, 4) is 11.5 Å². The van der Waals surface area contributed by atoms with Crippen molar-refractivity contribution in [1.29, 1.82) is 0 Å². The minimum atomic E-state index is -0.121. The van der Waals surface area contributed by atoms with Gasteiger partial charge >= 0.3 is 0 Å². The van der Waals surface area contributed by atoms with Crippen LogP contribution in [0, 0.1) is 0 Å². The smallest absolute Gasteiger partial charge is 0.244 e. The number of hydrogen-bond donors (Lipinski definition) is 2. The predicted molar refractivity (Wildman–Crippen MR) is 111 cm³/mol. The molecule has 140 valence electrons. The first-order valence-electron chi connectivity index (χ1n) is 8.58. The van der Waals surface area contributed by atoms with Gasteiger partial charge in [0.1, 0.15) is 0 Å². The van der Waals surface area contributed by atoms with Crippen molar-refractivity contribution in [3.05, 3.63) is 60.3 Å². The molecule has 0 unspecified atom stereocenters. The highest BCUT2D eigenvalue weighted by Gasteiger charge is 2.05. The molecule has 0 aliphatic heterocycles. The lowest BCUT2D eigenvalue weighted by Crippen LogP contribution is -2.23. The van der Waals surface area contributed by atoms with Gasteiger partial charge in [0.2, 0.25) is 5.91 Å². The highest BCUT2D eigenvalue weighted by atomic mass is 32.2. The van der Waals surface area contributed by atoms with E-state index < -0.39 is 0 Å². The van der Waals surface area contributed by atoms with Crippen LogP contribution in [0.25, 0.3) is 17.0 Å². The van der Waals surface area contributed by atoms with Crippen LogP contribution in [0.5, 0.6) is 11.5 Å². The number of para-hydroxylation sites is 1. The molecular weight excluding hydrogens is 360 g/mol. The number of aromatic amines is 1.